The summed E-state index contributed by atoms with van der Waals surface area (Å²) in [6, 6.07) is 5.74. The summed E-state index contributed by atoms with van der Waals surface area (Å²) < 4.78 is 13.8. The van der Waals surface area contributed by atoms with Gasteiger partial charge in [0.25, 0.3) is 0 Å². The topological polar surface area (TPSA) is 40.5 Å². The van der Waals surface area contributed by atoms with E-state index in [1.165, 1.54) is 11.1 Å². The molecule has 4 rings (SSSR count). The molecule has 0 radical (unpaired) electrons. The minimum absolute atomic E-state index is 0.332. The molecule has 2 N–H and O–H groups in total. The van der Waals surface area contributed by atoms with Crippen LogP contribution in [0.1, 0.15) is 49.1 Å². The predicted octanol–water partition coefficient (Wildman–Crippen LogP) is 3.56. The van der Waals surface area contributed by atoms with Crippen LogP contribution in [0, 0.1) is 17.3 Å². The number of phenolic OH excluding ortho intramolecular Hbond substituents is 1. The van der Waals surface area contributed by atoms with E-state index in [1.54, 1.807) is 6.07 Å². The highest BCUT2D eigenvalue weighted by molar-refractivity contribution is 5.40. The third-order valence-electron chi connectivity index (χ3n) is 6.63. The third kappa shape index (κ3) is 1.79. The van der Waals surface area contributed by atoms with Crippen molar-refractivity contribution in [2.24, 2.45) is 17.3 Å². The van der Waals surface area contributed by atoms with Crippen molar-refractivity contribution < 1.29 is 14.6 Å². The summed E-state index contributed by atoms with van der Waals surface area (Å²) in [6.07, 6.45) is 5.10. The fourth-order valence-corrected chi connectivity index (χ4v) is 5.61. The van der Waals surface area contributed by atoms with Gasteiger partial charge in [0.05, 0.1) is 12.8 Å². The number of aliphatic hydroxyl groups excluding tert-OH is 1. The molecule has 114 valence electrons. The number of phenols is 1. The molecule has 2 fully saturated rings. The Bertz CT molecular complexity index is 558. The van der Waals surface area contributed by atoms with Gasteiger partial charge in [-0.25, -0.2) is 0 Å². The monoisotopic (exact) mass is 290 g/mol. The number of fused-ring (bicyclic) bond motifs is 5. The quantitative estimate of drug-likeness (QED) is 0.830. The fraction of sp³-hybridized carbons (Fsp3) is 0.667. The average Bonchev–Trinajstić information content (AvgIpc) is 2.84. The molecule has 1 aromatic carbocycles. The molecule has 0 aromatic heterocycles. The van der Waals surface area contributed by atoms with Crippen molar-refractivity contribution >= 4 is 0 Å². The second kappa shape index (κ2) is 4.70. The average molecular weight is 290 g/mol. The molecule has 3 heteroatoms. The number of aryl methyl sites for hydroxylation is 1. The largest absolute Gasteiger partial charge is 0.508 e. The Balaban J connectivity index is 1.71. The summed E-state index contributed by atoms with van der Waals surface area (Å²) in [6.45, 7) is -0.371. The summed E-state index contributed by atoms with van der Waals surface area (Å²) in [5.41, 5.74) is 2.16. The zero-order valence-corrected chi connectivity index (χ0v) is 12.3. The number of hydrogen-bond acceptors (Lipinski definition) is 2. The summed E-state index contributed by atoms with van der Waals surface area (Å²) in [5.74, 6) is 1.67. The predicted molar refractivity (Wildman–Crippen MR) is 79.0 cm³/mol. The first kappa shape index (κ1) is 13.6. The van der Waals surface area contributed by atoms with E-state index in [2.05, 4.69) is 6.07 Å². The molecule has 3 aliphatic carbocycles. The zero-order valence-electron chi connectivity index (χ0n) is 12.3. The number of rotatable bonds is 1. The van der Waals surface area contributed by atoms with E-state index in [9.17, 15) is 14.6 Å². The molecule has 0 bridgehead atoms. The highest BCUT2D eigenvalue weighted by atomic mass is 19.1. The first-order chi connectivity index (χ1) is 10.2. The van der Waals surface area contributed by atoms with Gasteiger partial charge in [0.2, 0.25) is 0 Å². The lowest BCUT2D eigenvalue weighted by atomic mass is 9.55. The van der Waals surface area contributed by atoms with E-state index in [4.69, 9.17) is 0 Å². The van der Waals surface area contributed by atoms with Gasteiger partial charge in [-0.15, -0.1) is 0 Å². The van der Waals surface area contributed by atoms with Crippen molar-refractivity contribution in [2.45, 2.75) is 50.5 Å². The first-order valence-electron chi connectivity index (χ1n) is 8.21. The van der Waals surface area contributed by atoms with Gasteiger partial charge >= 0.3 is 0 Å². The molecule has 21 heavy (non-hydrogen) atoms. The van der Waals surface area contributed by atoms with Crippen LogP contribution in [0.3, 0.4) is 0 Å². The van der Waals surface area contributed by atoms with Crippen LogP contribution in [0.5, 0.6) is 5.75 Å². The maximum atomic E-state index is 13.8. The van der Waals surface area contributed by atoms with Gasteiger partial charge in [-0.3, -0.25) is 4.39 Å². The number of aromatic hydroxyl groups is 1. The molecule has 2 nitrogen and oxygen atoms in total. The van der Waals surface area contributed by atoms with Crippen LogP contribution in [0.25, 0.3) is 0 Å². The number of aliphatic hydroxyl groups is 1. The molecule has 1 aromatic rings. The Morgan fingerprint density at radius 1 is 1.19 bits per heavy atom. The Morgan fingerprint density at radius 2 is 2.05 bits per heavy atom. The summed E-state index contributed by atoms with van der Waals surface area (Å²) in [5, 5.41) is 20.0. The molecule has 0 heterocycles. The number of hydrogen-bond donors (Lipinski definition) is 2. The molecule has 0 spiro atoms. The van der Waals surface area contributed by atoms with Gasteiger partial charge in [0, 0.05) is 5.41 Å². The second-order valence-electron chi connectivity index (χ2n) is 7.30. The number of benzene rings is 1. The Morgan fingerprint density at radius 3 is 2.86 bits per heavy atom. The van der Waals surface area contributed by atoms with Crippen LogP contribution in [-0.4, -0.2) is 23.0 Å². The van der Waals surface area contributed by atoms with E-state index in [1.807, 2.05) is 6.07 Å². The van der Waals surface area contributed by atoms with Gasteiger partial charge in [0.15, 0.2) is 0 Å². The Labute approximate surface area is 125 Å². The van der Waals surface area contributed by atoms with Crippen molar-refractivity contribution in [3.8, 4) is 5.75 Å². The van der Waals surface area contributed by atoms with Gasteiger partial charge in [-0.05, 0) is 79.5 Å². The highest BCUT2D eigenvalue weighted by Gasteiger charge is 2.57. The first-order valence-corrected chi connectivity index (χ1v) is 8.21. The van der Waals surface area contributed by atoms with Gasteiger partial charge in [-0.2, -0.15) is 0 Å². The lowest BCUT2D eigenvalue weighted by molar-refractivity contribution is -0.0519. The maximum absolute atomic E-state index is 13.8. The van der Waals surface area contributed by atoms with E-state index in [0.29, 0.717) is 23.5 Å². The van der Waals surface area contributed by atoms with E-state index < -0.39 is 11.5 Å². The van der Waals surface area contributed by atoms with E-state index in [-0.39, 0.29) is 6.67 Å². The third-order valence-corrected chi connectivity index (χ3v) is 6.63. The van der Waals surface area contributed by atoms with E-state index >= 15 is 0 Å². The van der Waals surface area contributed by atoms with Crippen LogP contribution >= 0.6 is 0 Å². The van der Waals surface area contributed by atoms with Crippen LogP contribution in [0.4, 0.5) is 4.39 Å². The zero-order chi connectivity index (χ0) is 14.6. The van der Waals surface area contributed by atoms with Crippen molar-refractivity contribution in [2.75, 3.05) is 6.67 Å². The van der Waals surface area contributed by atoms with Crippen LogP contribution < -0.4 is 0 Å². The molecule has 3 aliphatic rings. The standard InChI is InChI=1S/C18H23FO2/c19-10-18-8-7-14-13-4-2-12(20)9-11(13)1-3-15(14)16(18)5-6-17(18)21/h2,4,9,14-17,20-21H,1,3,5-8,10H2/t14-,15-,16+,17?,18-/m1/s1. The van der Waals surface area contributed by atoms with Crippen molar-refractivity contribution in [3.05, 3.63) is 29.3 Å². The summed E-state index contributed by atoms with van der Waals surface area (Å²) >= 11 is 0. The molecular formula is C18H23FO2. The SMILES string of the molecule is Oc1ccc2c(c1)CC[C@@H]1[C@@H]2CC[C@]2(CF)C(O)CC[C@@H]12. The van der Waals surface area contributed by atoms with Gasteiger partial charge in [0.1, 0.15) is 5.75 Å². The van der Waals surface area contributed by atoms with Gasteiger partial charge in [-0.1, -0.05) is 6.07 Å². The van der Waals surface area contributed by atoms with Gasteiger partial charge < -0.3 is 10.2 Å². The minimum atomic E-state index is -0.463. The van der Waals surface area contributed by atoms with Crippen molar-refractivity contribution in [3.63, 3.8) is 0 Å². The fourth-order valence-electron chi connectivity index (χ4n) is 5.61. The molecule has 0 saturated heterocycles. The molecule has 0 aliphatic heterocycles. The van der Waals surface area contributed by atoms with Crippen LogP contribution in [0.2, 0.25) is 0 Å². The smallest absolute Gasteiger partial charge is 0.115 e. The lowest BCUT2D eigenvalue weighted by Gasteiger charge is -2.50. The Hall–Kier alpha value is -1.09. The summed E-state index contributed by atoms with van der Waals surface area (Å²) in [4.78, 5) is 0. The molecule has 1 unspecified atom stereocenters. The minimum Gasteiger partial charge on any atom is -0.508 e. The number of alkyl halides is 1. The normalized spacial score (nSPS) is 41.2. The molecule has 0 amide bonds. The molecular weight excluding hydrogens is 267 g/mol. The Kier molecular flexibility index (Phi) is 3.04. The molecule has 5 atom stereocenters. The van der Waals surface area contributed by atoms with E-state index in [0.717, 1.165) is 38.5 Å². The van der Waals surface area contributed by atoms with Crippen molar-refractivity contribution in [1.29, 1.82) is 0 Å². The summed E-state index contributed by atoms with van der Waals surface area (Å²) in [7, 11) is 0. The molecule has 2 saturated carbocycles. The maximum Gasteiger partial charge on any atom is 0.115 e. The van der Waals surface area contributed by atoms with Crippen LogP contribution in [0.15, 0.2) is 18.2 Å². The second-order valence-corrected chi connectivity index (χ2v) is 7.30. The van der Waals surface area contributed by atoms with Crippen LogP contribution in [-0.2, 0) is 6.42 Å². The highest BCUT2D eigenvalue weighted by Crippen LogP contribution is 2.61. The van der Waals surface area contributed by atoms with Crippen molar-refractivity contribution in [1.82, 2.24) is 0 Å². The lowest BCUT2D eigenvalue weighted by Crippen LogP contribution is -2.47. The number of halogens is 1.